The summed E-state index contributed by atoms with van der Waals surface area (Å²) in [6, 6.07) is 0.637. The van der Waals surface area contributed by atoms with Crippen molar-refractivity contribution in [3.8, 4) is 0 Å². The van der Waals surface area contributed by atoms with E-state index in [0.717, 1.165) is 25.3 Å². The van der Waals surface area contributed by atoms with Gasteiger partial charge in [-0.2, -0.15) is 0 Å². The summed E-state index contributed by atoms with van der Waals surface area (Å²) in [7, 11) is 0. The molecule has 4 nitrogen and oxygen atoms in total. The van der Waals surface area contributed by atoms with Crippen molar-refractivity contribution in [3.63, 3.8) is 0 Å². The molecule has 1 aromatic heterocycles. The first kappa shape index (κ1) is 12.5. The summed E-state index contributed by atoms with van der Waals surface area (Å²) in [5.41, 5.74) is 0.907. The highest BCUT2D eigenvalue weighted by molar-refractivity contribution is 4.97. The summed E-state index contributed by atoms with van der Waals surface area (Å²) < 4.78 is 5.79. The van der Waals surface area contributed by atoms with Crippen molar-refractivity contribution >= 4 is 0 Å². The molecule has 1 fully saturated rings. The molecule has 0 aliphatic carbocycles. The number of rotatable bonds is 5. The number of piperidine rings is 1. The molecule has 0 saturated carbocycles. The van der Waals surface area contributed by atoms with Crippen LogP contribution in [0.3, 0.4) is 0 Å². The molecule has 2 atom stereocenters. The first-order chi connectivity index (χ1) is 8.36. The average molecular weight is 235 g/mol. The van der Waals surface area contributed by atoms with Gasteiger partial charge in [-0.25, -0.2) is 0 Å². The number of hydrogen-bond acceptors (Lipinski definition) is 4. The van der Waals surface area contributed by atoms with E-state index in [0.29, 0.717) is 6.04 Å². The lowest BCUT2D eigenvalue weighted by atomic mass is 10.0. The Morgan fingerprint density at radius 1 is 1.47 bits per heavy atom. The molecule has 0 aromatic carbocycles. The monoisotopic (exact) mass is 235 g/mol. The Morgan fingerprint density at radius 3 is 3.12 bits per heavy atom. The molecule has 1 N–H and O–H groups in total. The van der Waals surface area contributed by atoms with Gasteiger partial charge in [-0.3, -0.25) is 9.97 Å². The van der Waals surface area contributed by atoms with Crippen molar-refractivity contribution in [3.05, 3.63) is 24.3 Å². The number of nitrogens with one attached hydrogen (secondary N) is 1. The minimum atomic E-state index is 0.0345. The fourth-order valence-corrected chi connectivity index (χ4v) is 2.16. The lowest BCUT2D eigenvalue weighted by molar-refractivity contribution is 0.0544. The molecule has 94 valence electrons. The Hall–Kier alpha value is -1.00. The molecule has 1 saturated heterocycles. The van der Waals surface area contributed by atoms with E-state index < -0.39 is 0 Å². The third kappa shape index (κ3) is 4.06. The van der Waals surface area contributed by atoms with Crippen LogP contribution in [-0.2, 0) is 4.74 Å². The van der Waals surface area contributed by atoms with E-state index in [4.69, 9.17) is 4.74 Å². The average Bonchev–Trinajstić information content (AvgIpc) is 2.41. The number of aromatic nitrogens is 2. The number of ether oxygens (including phenoxy) is 1. The Balaban J connectivity index is 1.67. The van der Waals surface area contributed by atoms with Crippen LogP contribution in [0.25, 0.3) is 0 Å². The van der Waals surface area contributed by atoms with Gasteiger partial charge < -0.3 is 10.1 Å². The summed E-state index contributed by atoms with van der Waals surface area (Å²) in [4.78, 5) is 8.29. The quantitative estimate of drug-likeness (QED) is 0.849. The molecule has 1 aromatic rings. The van der Waals surface area contributed by atoms with Crippen molar-refractivity contribution in [2.24, 2.45) is 0 Å². The normalized spacial score (nSPS) is 22.3. The SMILES string of the molecule is C[C@@H](OCC[C@@H]1CCCCN1)c1cnccn1. The Kier molecular flexibility index (Phi) is 4.88. The van der Waals surface area contributed by atoms with Crippen molar-refractivity contribution < 1.29 is 4.74 Å². The third-order valence-electron chi connectivity index (χ3n) is 3.25. The number of hydrogen-bond donors (Lipinski definition) is 1. The van der Waals surface area contributed by atoms with Gasteiger partial charge in [0.25, 0.3) is 0 Å². The minimum absolute atomic E-state index is 0.0345. The second-order valence-corrected chi connectivity index (χ2v) is 4.58. The van der Waals surface area contributed by atoms with E-state index in [1.54, 1.807) is 18.6 Å². The summed E-state index contributed by atoms with van der Waals surface area (Å²) in [5, 5.41) is 3.52. The molecule has 4 heteroatoms. The van der Waals surface area contributed by atoms with Crippen LogP contribution < -0.4 is 5.32 Å². The number of nitrogens with zero attached hydrogens (tertiary/aromatic N) is 2. The maximum Gasteiger partial charge on any atom is 0.0982 e. The van der Waals surface area contributed by atoms with Gasteiger partial charge in [-0.05, 0) is 32.7 Å². The molecular formula is C13H21N3O. The van der Waals surface area contributed by atoms with Gasteiger partial charge in [0, 0.05) is 25.0 Å². The van der Waals surface area contributed by atoms with Gasteiger partial charge in [0.15, 0.2) is 0 Å². The van der Waals surface area contributed by atoms with Crippen molar-refractivity contribution in [1.29, 1.82) is 0 Å². The van der Waals surface area contributed by atoms with Gasteiger partial charge in [-0.15, -0.1) is 0 Å². The van der Waals surface area contributed by atoms with Crippen LogP contribution in [0.5, 0.6) is 0 Å². The van der Waals surface area contributed by atoms with Crippen LogP contribution in [0.2, 0.25) is 0 Å². The summed E-state index contributed by atoms with van der Waals surface area (Å²) >= 11 is 0. The van der Waals surface area contributed by atoms with E-state index in [-0.39, 0.29) is 6.10 Å². The lowest BCUT2D eigenvalue weighted by Crippen LogP contribution is -2.34. The van der Waals surface area contributed by atoms with Crippen molar-refractivity contribution in [2.75, 3.05) is 13.2 Å². The zero-order chi connectivity index (χ0) is 11.9. The molecule has 0 spiro atoms. The maximum absolute atomic E-state index is 5.79. The Morgan fingerprint density at radius 2 is 2.41 bits per heavy atom. The minimum Gasteiger partial charge on any atom is -0.372 e. The predicted octanol–water partition coefficient (Wildman–Crippen LogP) is 2.09. The van der Waals surface area contributed by atoms with Gasteiger partial charge >= 0.3 is 0 Å². The molecule has 17 heavy (non-hydrogen) atoms. The maximum atomic E-state index is 5.79. The van der Waals surface area contributed by atoms with Gasteiger partial charge in [0.05, 0.1) is 18.0 Å². The molecule has 2 heterocycles. The second-order valence-electron chi connectivity index (χ2n) is 4.58. The van der Waals surface area contributed by atoms with Crippen molar-refractivity contribution in [2.45, 2.75) is 44.8 Å². The highest BCUT2D eigenvalue weighted by Gasteiger charge is 2.13. The molecule has 0 unspecified atom stereocenters. The summed E-state index contributed by atoms with van der Waals surface area (Å²) in [6.45, 7) is 3.97. The highest BCUT2D eigenvalue weighted by atomic mass is 16.5. The van der Waals surface area contributed by atoms with Crippen LogP contribution in [-0.4, -0.2) is 29.2 Å². The van der Waals surface area contributed by atoms with Crippen LogP contribution in [0.15, 0.2) is 18.6 Å². The van der Waals surface area contributed by atoms with E-state index in [1.165, 1.54) is 19.3 Å². The van der Waals surface area contributed by atoms with Gasteiger partial charge in [0.2, 0.25) is 0 Å². The highest BCUT2D eigenvalue weighted by Crippen LogP contribution is 2.15. The molecule has 2 rings (SSSR count). The first-order valence-corrected chi connectivity index (χ1v) is 6.47. The third-order valence-corrected chi connectivity index (χ3v) is 3.25. The fourth-order valence-electron chi connectivity index (χ4n) is 2.16. The van der Waals surface area contributed by atoms with Crippen molar-refractivity contribution in [1.82, 2.24) is 15.3 Å². The standard InChI is InChI=1S/C13H21N3O/c1-11(13-10-14-7-8-16-13)17-9-5-12-4-2-3-6-15-12/h7-8,10-12,15H,2-6,9H2,1H3/t11-,12+/m1/s1. The summed E-state index contributed by atoms with van der Waals surface area (Å²) in [5.74, 6) is 0. The molecule has 0 bridgehead atoms. The fraction of sp³-hybridized carbons (Fsp3) is 0.692. The van der Waals surface area contributed by atoms with E-state index in [9.17, 15) is 0 Å². The van der Waals surface area contributed by atoms with E-state index >= 15 is 0 Å². The topological polar surface area (TPSA) is 47.0 Å². The zero-order valence-corrected chi connectivity index (χ0v) is 10.4. The molecule has 0 amide bonds. The Labute approximate surface area is 103 Å². The molecule has 0 radical (unpaired) electrons. The van der Waals surface area contributed by atoms with Crippen LogP contribution in [0.1, 0.15) is 44.4 Å². The molecule has 1 aliphatic rings. The smallest absolute Gasteiger partial charge is 0.0982 e. The van der Waals surface area contributed by atoms with Crippen LogP contribution in [0, 0.1) is 0 Å². The van der Waals surface area contributed by atoms with Gasteiger partial charge in [0.1, 0.15) is 0 Å². The van der Waals surface area contributed by atoms with Crippen LogP contribution in [0.4, 0.5) is 0 Å². The van der Waals surface area contributed by atoms with Gasteiger partial charge in [-0.1, -0.05) is 6.42 Å². The van der Waals surface area contributed by atoms with E-state index in [1.807, 2.05) is 6.92 Å². The zero-order valence-electron chi connectivity index (χ0n) is 10.4. The molecular weight excluding hydrogens is 214 g/mol. The van der Waals surface area contributed by atoms with Crippen LogP contribution >= 0.6 is 0 Å². The largest absolute Gasteiger partial charge is 0.372 e. The molecule has 1 aliphatic heterocycles. The second kappa shape index (κ2) is 6.67. The first-order valence-electron chi connectivity index (χ1n) is 6.47. The predicted molar refractivity (Wildman–Crippen MR) is 66.7 cm³/mol. The summed E-state index contributed by atoms with van der Waals surface area (Å²) in [6.07, 6.45) is 10.2. The van der Waals surface area contributed by atoms with E-state index in [2.05, 4.69) is 15.3 Å². The lowest BCUT2D eigenvalue weighted by Gasteiger charge is -2.23. The Bertz CT molecular complexity index is 312.